The molecule has 0 aliphatic heterocycles. The second-order valence-corrected chi connectivity index (χ2v) is 3.86. The first-order valence-corrected chi connectivity index (χ1v) is 5.60. The summed E-state index contributed by atoms with van der Waals surface area (Å²) in [4.78, 5) is 0. The average Bonchev–Trinajstić information content (AvgIpc) is 2.62. The molecule has 1 aromatic rings. The summed E-state index contributed by atoms with van der Waals surface area (Å²) in [7, 11) is 1.99. The molecule has 0 atom stereocenters. The van der Waals surface area contributed by atoms with Gasteiger partial charge in [0.05, 0.1) is 0 Å². The number of hydrogen-bond acceptors (Lipinski definition) is 1. The zero-order valence-electron chi connectivity index (χ0n) is 9.59. The maximum atomic E-state index is 3.20. The Bertz CT molecular complexity index is 249. The fraction of sp³-hybridized carbons (Fsp3) is 0.667. The molecule has 0 aromatic carbocycles. The van der Waals surface area contributed by atoms with Crippen molar-refractivity contribution >= 4 is 0 Å². The van der Waals surface area contributed by atoms with Gasteiger partial charge in [-0.15, -0.1) is 0 Å². The monoisotopic (exact) mass is 194 g/mol. The predicted octanol–water partition coefficient (Wildman–Crippen LogP) is 2.64. The molecule has 0 unspecified atom stereocenters. The summed E-state index contributed by atoms with van der Waals surface area (Å²) >= 11 is 0. The molecule has 0 fully saturated rings. The fourth-order valence-corrected chi connectivity index (χ4v) is 1.79. The first kappa shape index (κ1) is 11.3. The summed E-state index contributed by atoms with van der Waals surface area (Å²) in [5, 5.41) is 3.20. The van der Waals surface area contributed by atoms with E-state index in [1.807, 2.05) is 7.05 Å². The Morgan fingerprint density at radius 1 is 1.36 bits per heavy atom. The molecule has 1 N–H and O–H groups in total. The third-order valence-electron chi connectivity index (χ3n) is 2.89. The van der Waals surface area contributed by atoms with Crippen molar-refractivity contribution in [2.24, 2.45) is 5.92 Å². The van der Waals surface area contributed by atoms with Gasteiger partial charge in [-0.3, -0.25) is 0 Å². The van der Waals surface area contributed by atoms with Crippen molar-refractivity contribution in [2.45, 2.75) is 39.8 Å². The number of nitrogens with one attached hydrogen (secondary N) is 1. The molecule has 0 radical (unpaired) electrons. The molecule has 0 aliphatic carbocycles. The maximum Gasteiger partial charge on any atom is 0.0356 e. The number of nitrogens with zero attached hydrogens (tertiary/aromatic N) is 1. The van der Waals surface area contributed by atoms with E-state index >= 15 is 0 Å². The van der Waals surface area contributed by atoms with Crippen LogP contribution in [0, 0.1) is 5.92 Å². The van der Waals surface area contributed by atoms with Gasteiger partial charge in [0.2, 0.25) is 0 Å². The third kappa shape index (κ3) is 2.88. The lowest BCUT2D eigenvalue weighted by molar-refractivity contribution is 0.411. The SMILES string of the molecule is CCC(CC)Cn1cccc1CNC. The summed E-state index contributed by atoms with van der Waals surface area (Å²) in [6, 6.07) is 4.33. The molecule has 1 heterocycles. The van der Waals surface area contributed by atoms with Gasteiger partial charge in [0.1, 0.15) is 0 Å². The second-order valence-electron chi connectivity index (χ2n) is 3.86. The Balaban J connectivity index is 2.60. The highest BCUT2D eigenvalue weighted by atomic mass is 15.0. The minimum Gasteiger partial charge on any atom is -0.350 e. The normalized spacial score (nSPS) is 11.1. The van der Waals surface area contributed by atoms with Crippen LogP contribution >= 0.6 is 0 Å². The Morgan fingerprint density at radius 3 is 2.64 bits per heavy atom. The van der Waals surface area contributed by atoms with Crippen LogP contribution in [0.15, 0.2) is 18.3 Å². The number of rotatable bonds is 6. The van der Waals surface area contributed by atoms with Crippen molar-refractivity contribution in [1.82, 2.24) is 9.88 Å². The van der Waals surface area contributed by atoms with Crippen LogP contribution in [0.3, 0.4) is 0 Å². The van der Waals surface area contributed by atoms with Crippen molar-refractivity contribution < 1.29 is 0 Å². The Hall–Kier alpha value is -0.760. The minimum absolute atomic E-state index is 0.818. The van der Waals surface area contributed by atoms with Crippen molar-refractivity contribution in [3.63, 3.8) is 0 Å². The summed E-state index contributed by atoms with van der Waals surface area (Å²) in [6.45, 7) is 6.68. The molecule has 0 amide bonds. The van der Waals surface area contributed by atoms with Gasteiger partial charge in [0, 0.05) is 25.0 Å². The lowest BCUT2D eigenvalue weighted by Gasteiger charge is -2.16. The molecular weight excluding hydrogens is 172 g/mol. The van der Waals surface area contributed by atoms with E-state index in [1.54, 1.807) is 0 Å². The maximum absolute atomic E-state index is 3.20. The van der Waals surface area contributed by atoms with Crippen molar-refractivity contribution in [2.75, 3.05) is 7.05 Å². The fourth-order valence-electron chi connectivity index (χ4n) is 1.79. The van der Waals surface area contributed by atoms with Crippen molar-refractivity contribution in [3.8, 4) is 0 Å². The van der Waals surface area contributed by atoms with Crippen LogP contribution in [0.1, 0.15) is 32.4 Å². The van der Waals surface area contributed by atoms with E-state index in [0.717, 1.165) is 19.0 Å². The molecule has 0 saturated heterocycles. The van der Waals surface area contributed by atoms with E-state index in [4.69, 9.17) is 0 Å². The summed E-state index contributed by atoms with van der Waals surface area (Å²) in [6.07, 6.45) is 4.73. The van der Waals surface area contributed by atoms with Gasteiger partial charge >= 0.3 is 0 Å². The minimum atomic E-state index is 0.818. The second kappa shape index (κ2) is 5.86. The van der Waals surface area contributed by atoms with E-state index < -0.39 is 0 Å². The number of hydrogen-bond donors (Lipinski definition) is 1. The van der Waals surface area contributed by atoms with Gasteiger partial charge in [-0.1, -0.05) is 26.7 Å². The molecular formula is C12H22N2. The van der Waals surface area contributed by atoms with Crippen LogP contribution in [-0.4, -0.2) is 11.6 Å². The standard InChI is InChI=1S/C12H22N2/c1-4-11(5-2)10-14-8-6-7-12(14)9-13-3/h6-8,11,13H,4-5,9-10H2,1-3H3. The molecule has 0 saturated carbocycles. The van der Waals surface area contributed by atoms with E-state index in [0.29, 0.717) is 0 Å². The van der Waals surface area contributed by atoms with Gasteiger partial charge in [-0.25, -0.2) is 0 Å². The largest absolute Gasteiger partial charge is 0.350 e. The van der Waals surface area contributed by atoms with E-state index in [1.165, 1.54) is 18.5 Å². The van der Waals surface area contributed by atoms with E-state index in [2.05, 4.69) is 42.1 Å². The van der Waals surface area contributed by atoms with Crippen molar-refractivity contribution in [1.29, 1.82) is 0 Å². The van der Waals surface area contributed by atoms with Gasteiger partial charge < -0.3 is 9.88 Å². The highest BCUT2D eigenvalue weighted by Crippen LogP contribution is 2.13. The first-order valence-electron chi connectivity index (χ1n) is 5.60. The Labute approximate surface area is 87.3 Å². The summed E-state index contributed by atoms with van der Waals surface area (Å²) in [5.74, 6) is 0.818. The summed E-state index contributed by atoms with van der Waals surface area (Å²) in [5.41, 5.74) is 1.39. The van der Waals surface area contributed by atoms with Gasteiger partial charge in [0.25, 0.3) is 0 Å². The summed E-state index contributed by atoms with van der Waals surface area (Å²) < 4.78 is 2.37. The zero-order valence-corrected chi connectivity index (χ0v) is 9.59. The lowest BCUT2D eigenvalue weighted by atomic mass is 10.0. The predicted molar refractivity (Wildman–Crippen MR) is 61.3 cm³/mol. The topological polar surface area (TPSA) is 17.0 Å². The first-order chi connectivity index (χ1) is 6.81. The van der Waals surface area contributed by atoms with Gasteiger partial charge in [-0.2, -0.15) is 0 Å². The Kier molecular flexibility index (Phi) is 4.74. The molecule has 1 rings (SSSR count). The zero-order chi connectivity index (χ0) is 10.4. The smallest absolute Gasteiger partial charge is 0.0356 e. The van der Waals surface area contributed by atoms with Crippen LogP contribution in [-0.2, 0) is 13.1 Å². The van der Waals surface area contributed by atoms with Gasteiger partial charge in [0.15, 0.2) is 0 Å². The third-order valence-corrected chi connectivity index (χ3v) is 2.89. The molecule has 80 valence electrons. The lowest BCUT2D eigenvalue weighted by Crippen LogP contribution is -2.14. The highest BCUT2D eigenvalue weighted by Gasteiger charge is 2.06. The van der Waals surface area contributed by atoms with Crippen molar-refractivity contribution in [3.05, 3.63) is 24.0 Å². The van der Waals surface area contributed by atoms with Gasteiger partial charge in [-0.05, 0) is 25.1 Å². The molecule has 0 bridgehead atoms. The molecule has 14 heavy (non-hydrogen) atoms. The molecule has 2 heteroatoms. The van der Waals surface area contributed by atoms with Crippen LogP contribution < -0.4 is 5.32 Å². The quantitative estimate of drug-likeness (QED) is 0.736. The van der Waals surface area contributed by atoms with Crippen LogP contribution in [0.5, 0.6) is 0 Å². The molecule has 0 aliphatic rings. The molecule has 2 nitrogen and oxygen atoms in total. The van der Waals surface area contributed by atoms with Crippen LogP contribution in [0.2, 0.25) is 0 Å². The van der Waals surface area contributed by atoms with Crippen LogP contribution in [0.4, 0.5) is 0 Å². The van der Waals surface area contributed by atoms with E-state index in [-0.39, 0.29) is 0 Å². The average molecular weight is 194 g/mol. The van der Waals surface area contributed by atoms with Crippen LogP contribution in [0.25, 0.3) is 0 Å². The number of aromatic nitrogens is 1. The molecule has 1 aromatic heterocycles. The molecule has 0 spiro atoms. The highest BCUT2D eigenvalue weighted by molar-refractivity contribution is 5.06. The Morgan fingerprint density at radius 2 is 2.07 bits per heavy atom. The van der Waals surface area contributed by atoms with E-state index in [9.17, 15) is 0 Å².